The van der Waals surface area contributed by atoms with Crippen LogP contribution in [0.15, 0.2) is 0 Å². The minimum Gasteiger partial charge on any atom is -0.481 e. The van der Waals surface area contributed by atoms with Gasteiger partial charge in [0.05, 0.1) is 12.8 Å². The van der Waals surface area contributed by atoms with E-state index in [-0.39, 0.29) is 35.7 Å². The van der Waals surface area contributed by atoms with Crippen LogP contribution in [-0.4, -0.2) is 47.7 Å². The third kappa shape index (κ3) is 5.63. The van der Waals surface area contributed by atoms with E-state index in [1.54, 1.807) is 0 Å². The predicted molar refractivity (Wildman–Crippen MR) is 181 cm³/mol. The molecule has 256 valence electrons. The Morgan fingerprint density at radius 2 is 1.49 bits per heavy atom. The molecule has 1 saturated heterocycles. The molecule has 5 heteroatoms. The molecule has 5 saturated carbocycles. The summed E-state index contributed by atoms with van der Waals surface area (Å²) in [5, 5.41) is 9.31. The number of nitrogens with zero attached hydrogens (tertiary/aromatic N) is 1. The summed E-state index contributed by atoms with van der Waals surface area (Å²) in [4.78, 5) is 27.3. The van der Waals surface area contributed by atoms with Gasteiger partial charge in [0, 0.05) is 5.41 Å². The number of hydrogen-bond donors (Lipinski definition) is 1. The van der Waals surface area contributed by atoms with Gasteiger partial charge in [-0.25, -0.2) is 0 Å². The fourth-order valence-corrected chi connectivity index (χ4v) is 13.9. The zero-order valence-electron chi connectivity index (χ0n) is 30.1. The van der Waals surface area contributed by atoms with Crippen LogP contribution in [0.25, 0.3) is 0 Å². The van der Waals surface area contributed by atoms with E-state index in [1.807, 2.05) is 13.8 Å². The summed E-state index contributed by atoms with van der Waals surface area (Å²) in [6.45, 7) is 20.6. The van der Waals surface area contributed by atoms with Gasteiger partial charge in [0.2, 0.25) is 0 Å². The van der Waals surface area contributed by atoms with Crippen molar-refractivity contribution in [1.82, 2.24) is 4.90 Å². The van der Waals surface area contributed by atoms with Crippen LogP contribution in [0.4, 0.5) is 0 Å². The SMILES string of the molecule is CC(C)(CC(=O)O)CC(=O)O[C@H]1CC[C@@]2(C)C(CC[C@]3(C)C2CC[C@@H]2[C@H]4CCC[C@]4(CCN4CCCCC4)CC[C@]23C)C1(C)C. The molecule has 0 aromatic carbocycles. The van der Waals surface area contributed by atoms with Crippen molar-refractivity contribution < 1.29 is 19.4 Å². The van der Waals surface area contributed by atoms with E-state index in [9.17, 15) is 14.7 Å². The minimum absolute atomic E-state index is 0.0166. The Morgan fingerprint density at radius 1 is 0.756 bits per heavy atom. The normalized spacial score (nSPS) is 44.6. The summed E-state index contributed by atoms with van der Waals surface area (Å²) >= 11 is 0. The van der Waals surface area contributed by atoms with Gasteiger partial charge in [0.25, 0.3) is 0 Å². The molecule has 6 rings (SSSR count). The first-order valence-electron chi connectivity index (χ1n) is 19.2. The van der Waals surface area contributed by atoms with E-state index < -0.39 is 11.4 Å². The Hall–Kier alpha value is -1.10. The second-order valence-corrected chi connectivity index (χ2v) is 19.4. The van der Waals surface area contributed by atoms with Crippen LogP contribution in [0.2, 0.25) is 0 Å². The molecule has 45 heavy (non-hydrogen) atoms. The Labute approximate surface area is 275 Å². The number of likely N-dealkylation sites (tertiary alicyclic amines) is 1. The Bertz CT molecular complexity index is 1130. The first-order valence-corrected chi connectivity index (χ1v) is 19.2. The fraction of sp³-hybridized carbons (Fsp3) is 0.950. The van der Waals surface area contributed by atoms with Crippen molar-refractivity contribution in [1.29, 1.82) is 0 Å². The third-order valence-corrected chi connectivity index (χ3v) is 16.4. The molecule has 0 radical (unpaired) electrons. The van der Waals surface area contributed by atoms with Crippen molar-refractivity contribution >= 4 is 11.9 Å². The van der Waals surface area contributed by atoms with Gasteiger partial charge in [-0.2, -0.15) is 0 Å². The highest BCUT2D eigenvalue weighted by Crippen LogP contribution is 2.77. The van der Waals surface area contributed by atoms with E-state index >= 15 is 0 Å². The lowest BCUT2D eigenvalue weighted by Crippen LogP contribution is -2.66. The van der Waals surface area contributed by atoms with Gasteiger partial charge in [-0.1, -0.05) is 61.3 Å². The molecular formula is C40H67NO4. The van der Waals surface area contributed by atoms with Crippen LogP contribution in [0.1, 0.15) is 158 Å². The number of carbonyl (C=O) groups is 2. The number of carbonyl (C=O) groups excluding carboxylic acids is 1. The number of piperidine rings is 1. The molecule has 1 heterocycles. The van der Waals surface area contributed by atoms with Crippen molar-refractivity contribution in [3.05, 3.63) is 0 Å². The maximum Gasteiger partial charge on any atom is 0.306 e. The molecule has 6 aliphatic rings. The summed E-state index contributed by atoms with van der Waals surface area (Å²) in [5.41, 5.74) is 1.00. The summed E-state index contributed by atoms with van der Waals surface area (Å²) < 4.78 is 6.27. The molecule has 1 aliphatic heterocycles. The van der Waals surface area contributed by atoms with Crippen molar-refractivity contribution in [2.45, 2.75) is 164 Å². The minimum atomic E-state index is -0.857. The molecule has 0 amide bonds. The van der Waals surface area contributed by atoms with E-state index in [0.717, 1.165) is 30.6 Å². The molecule has 5 aliphatic carbocycles. The topological polar surface area (TPSA) is 66.8 Å². The highest BCUT2D eigenvalue weighted by molar-refractivity contribution is 5.73. The third-order valence-electron chi connectivity index (χ3n) is 16.4. The number of aliphatic carboxylic acids is 1. The van der Waals surface area contributed by atoms with Crippen molar-refractivity contribution in [3.63, 3.8) is 0 Å². The number of ether oxygens (including phenoxy) is 1. The molecule has 6 fully saturated rings. The molecule has 0 aromatic rings. The van der Waals surface area contributed by atoms with Gasteiger partial charge in [0.1, 0.15) is 6.10 Å². The Balaban J connectivity index is 1.17. The number of fused-ring (bicyclic) bond motifs is 7. The second-order valence-electron chi connectivity index (χ2n) is 19.4. The molecule has 0 spiro atoms. The average molecular weight is 626 g/mol. The quantitative estimate of drug-likeness (QED) is 0.272. The molecule has 1 N–H and O–H groups in total. The second kappa shape index (κ2) is 11.8. The zero-order chi connectivity index (χ0) is 32.5. The molecule has 0 bridgehead atoms. The smallest absolute Gasteiger partial charge is 0.306 e. The van der Waals surface area contributed by atoms with Gasteiger partial charge in [-0.3, -0.25) is 9.59 Å². The number of carboxylic acids is 1. The standard InChI is InChI=1S/C40H67NO4/c1-35(2,26-33(42)43)27-34(44)45-32-16-18-37(5)30(36(32,3)4)15-19-39(7)31(37)14-13-28-29-12-11-17-40(29,21-20-38(28,39)6)22-25-41-23-9-8-10-24-41/h28-32H,8-27H2,1-7H3,(H,42,43)/t28-,29-,30?,31?,32+,37+,38-,39-,40-/m1/s1. The molecule has 5 nitrogen and oxygen atoms in total. The Morgan fingerprint density at radius 3 is 2.20 bits per heavy atom. The monoisotopic (exact) mass is 626 g/mol. The van der Waals surface area contributed by atoms with E-state index in [2.05, 4.69) is 39.5 Å². The number of esters is 1. The maximum absolute atomic E-state index is 13.2. The van der Waals surface area contributed by atoms with E-state index in [1.165, 1.54) is 103 Å². The first-order chi connectivity index (χ1) is 21.1. The number of hydrogen-bond acceptors (Lipinski definition) is 4. The lowest BCUT2D eigenvalue weighted by Gasteiger charge is -2.72. The molecule has 0 aromatic heterocycles. The zero-order valence-corrected chi connectivity index (χ0v) is 30.1. The molecule has 9 atom stereocenters. The van der Waals surface area contributed by atoms with Crippen LogP contribution in [0.3, 0.4) is 0 Å². The van der Waals surface area contributed by atoms with Crippen LogP contribution < -0.4 is 0 Å². The predicted octanol–water partition coefficient (Wildman–Crippen LogP) is 9.52. The summed E-state index contributed by atoms with van der Waals surface area (Å²) in [7, 11) is 0. The first kappa shape index (κ1) is 33.8. The van der Waals surface area contributed by atoms with E-state index in [4.69, 9.17) is 4.74 Å². The van der Waals surface area contributed by atoms with Crippen LogP contribution in [0.5, 0.6) is 0 Å². The Kier molecular flexibility index (Phi) is 8.86. The fourth-order valence-electron chi connectivity index (χ4n) is 13.9. The van der Waals surface area contributed by atoms with Gasteiger partial charge >= 0.3 is 11.9 Å². The highest BCUT2D eigenvalue weighted by Gasteiger charge is 2.70. The van der Waals surface area contributed by atoms with Gasteiger partial charge < -0.3 is 14.7 Å². The van der Waals surface area contributed by atoms with Crippen LogP contribution >= 0.6 is 0 Å². The molecule has 2 unspecified atom stereocenters. The van der Waals surface area contributed by atoms with Gasteiger partial charge in [0.15, 0.2) is 0 Å². The van der Waals surface area contributed by atoms with Gasteiger partial charge in [-0.15, -0.1) is 0 Å². The summed E-state index contributed by atoms with van der Waals surface area (Å²) in [6.07, 6.45) is 20.5. The number of rotatable bonds is 8. The van der Waals surface area contributed by atoms with E-state index in [0.29, 0.717) is 22.2 Å². The lowest BCUT2D eigenvalue weighted by atomic mass is 9.32. The van der Waals surface area contributed by atoms with Crippen molar-refractivity contribution in [2.75, 3.05) is 19.6 Å². The highest BCUT2D eigenvalue weighted by atomic mass is 16.5. The summed E-state index contributed by atoms with van der Waals surface area (Å²) in [5.74, 6) is 2.01. The van der Waals surface area contributed by atoms with Crippen LogP contribution in [-0.2, 0) is 14.3 Å². The average Bonchev–Trinajstić information content (AvgIpc) is 3.38. The maximum atomic E-state index is 13.2. The van der Waals surface area contributed by atoms with Crippen molar-refractivity contribution in [2.24, 2.45) is 56.2 Å². The largest absolute Gasteiger partial charge is 0.481 e. The molecular weight excluding hydrogens is 558 g/mol. The van der Waals surface area contributed by atoms with Crippen molar-refractivity contribution in [3.8, 4) is 0 Å². The van der Waals surface area contributed by atoms with Crippen LogP contribution in [0, 0.1) is 56.2 Å². The lowest BCUT2D eigenvalue weighted by molar-refractivity contribution is -0.249. The number of carboxylic acid groups (broad SMARTS) is 1. The summed E-state index contributed by atoms with van der Waals surface area (Å²) in [6, 6.07) is 0. The van der Waals surface area contributed by atoms with Gasteiger partial charge in [-0.05, 0) is 154 Å².